The Morgan fingerprint density at radius 2 is 1.55 bits per heavy atom. The highest BCUT2D eigenvalue weighted by atomic mass is 16.5. The van der Waals surface area contributed by atoms with Crippen molar-refractivity contribution in [3.8, 4) is 11.5 Å². The van der Waals surface area contributed by atoms with Gasteiger partial charge in [-0.2, -0.15) is 0 Å². The van der Waals surface area contributed by atoms with E-state index < -0.39 is 6.10 Å². The highest BCUT2D eigenvalue weighted by Crippen LogP contribution is 2.25. The summed E-state index contributed by atoms with van der Waals surface area (Å²) in [6.07, 6.45) is 0.255. The molecule has 0 unspecified atom stereocenters. The summed E-state index contributed by atoms with van der Waals surface area (Å²) >= 11 is 0. The van der Waals surface area contributed by atoms with Gasteiger partial charge in [0.05, 0.1) is 13.2 Å². The Kier molecular flexibility index (Phi) is 6.76. The van der Waals surface area contributed by atoms with Crippen molar-refractivity contribution in [2.45, 2.75) is 39.3 Å². The maximum atomic E-state index is 12.8. The lowest BCUT2D eigenvalue weighted by Crippen LogP contribution is -2.39. The van der Waals surface area contributed by atoms with Crippen molar-refractivity contribution in [3.05, 3.63) is 72.3 Å². The van der Waals surface area contributed by atoms with Crippen molar-refractivity contribution in [3.63, 3.8) is 0 Å². The first-order valence-electron chi connectivity index (χ1n) is 10.1. The van der Waals surface area contributed by atoms with E-state index in [-0.39, 0.29) is 11.9 Å². The monoisotopic (exact) mass is 391 g/mol. The average molecular weight is 392 g/mol. The third-order valence-electron chi connectivity index (χ3n) is 4.94. The normalized spacial score (nSPS) is 13.1. The van der Waals surface area contributed by atoms with Crippen LogP contribution >= 0.6 is 0 Å². The largest absolute Gasteiger partial charge is 0.497 e. The molecule has 29 heavy (non-hydrogen) atoms. The maximum absolute atomic E-state index is 12.8. The molecule has 0 heterocycles. The summed E-state index contributed by atoms with van der Waals surface area (Å²) in [6.45, 7) is 6.08. The number of benzene rings is 3. The molecule has 0 aliphatic rings. The Balaban J connectivity index is 1.69. The zero-order valence-corrected chi connectivity index (χ0v) is 17.5. The summed E-state index contributed by atoms with van der Waals surface area (Å²) in [7, 11) is 1.65. The van der Waals surface area contributed by atoms with Crippen molar-refractivity contribution in [2.24, 2.45) is 5.92 Å². The predicted octanol–water partition coefficient (Wildman–Crippen LogP) is 5.52. The Morgan fingerprint density at radius 1 is 0.897 bits per heavy atom. The highest BCUT2D eigenvalue weighted by molar-refractivity contribution is 5.84. The molecule has 0 aromatic heterocycles. The molecule has 3 aromatic carbocycles. The molecule has 0 aliphatic heterocycles. The van der Waals surface area contributed by atoms with Gasteiger partial charge in [-0.3, -0.25) is 4.79 Å². The lowest BCUT2D eigenvalue weighted by molar-refractivity contribution is -0.128. The van der Waals surface area contributed by atoms with E-state index >= 15 is 0 Å². The average Bonchev–Trinajstić information content (AvgIpc) is 2.73. The number of rotatable bonds is 8. The van der Waals surface area contributed by atoms with E-state index in [2.05, 4.69) is 25.2 Å². The molecule has 0 aliphatic carbocycles. The number of fused-ring (bicyclic) bond motifs is 1. The molecule has 0 fully saturated rings. The second kappa shape index (κ2) is 9.46. The van der Waals surface area contributed by atoms with Gasteiger partial charge in [0.25, 0.3) is 5.91 Å². The molecule has 0 saturated heterocycles. The Bertz CT molecular complexity index is 950. The zero-order chi connectivity index (χ0) is 20.8. The van der Waals surface area contributed by atoms with Crippen molar-refractivity contribution >= 4 is 16.7 Å². The van der Waals surface area contributed by atoms with Gasteiger partial charge in [0.2, 0.25) is 0 Å². The number of nitrogens with one attached hydrogen (secondary N) is 1. The summed E-state index contributed by atoms with van der Waals surface area (Å²) in [5, 5.41) is 5.39. The quantitative estimate of drug-likeness (QED) is 0.550. The van der Waals surface area contributed by atoms with Gasteiger partial charge in [-0.1, -0.05) is 56.3 Å². The van der Waals surface area contributed by atoms with E-state index in [9.17, 15) is 4.79 Å². The van der Waals surface area contributed by atoms with E-state index in [1.807, 2.05) is 60.7 Å². The fourth-order valence-corrected chi connectivity index (χ4v) is 3.37. The van der Waals surface area contributed by atoms with Gasteiger partial charge in [0.15, 0.2) is 6.10 Å². The van der Waals surface area contributed by atoms with Gasteiger partial charge in [0, 0.05) is 0 Å². The minimum atomic E-state index is -0.593. The first-order chi connectivity index (χ1) is 14.0. The molecular weight excluding hydrogens is 362 g/mol. The summed E-state index contributed by atoms with van der Waals surface area (Å²) in [6, 6.07) is 21.7. The van der Waals surface area contributed by atoms with E-state index in [1.54, 1.807) is 14.0 Å². The smallest absolute Gasteiger partial charge is 0.261 e. The van der Waals surface area contributed by atoms with Gasteiger partial charge in [0.1, 0.15) is 11.5 Å². The third-order valence-corrected chi connectivity index (χ3v) is 4.94. The van der Waals surface area contributed by atoms with Crippen LogP contribution in [0.5, 0.6) is 11.5 Å². The Labute approximate surface area is 172 Å². The summed E-state index contributed by atoms with van der Waals surface area (Å²) in [4.78, 5) is 12.8. The Hall–Kier alpha value is -3.01. The molecule has 4 nitrogen and oxygen atoms in total. The summed E-state index contributed by atoms with van der Waals surface area (Å²) < 4.78 is 11.2. The second-order valence-corrected chi connectivity index (χ2v) is 7.73. The minimum absolute atomic E-state index is 0.0731. The van der Waals surface area contributed by atoms with Crippen LogP contribution in [0.2, 0.25) is 0 Å². The second-order valence-electron chi connectivity index (χ2n) is 7.73. The molecular formula is C25H29NO3. The lowest BCUT2D eigenvalue weighted by Gasteiger charge is -2.24. The third kappa shape index (κ3) is 5.50. The minimum Gasteiger partial charge on any atom is -0.497 e. The standard InChI is InChI=1S/C25H29NO3/c1-17(2)15-24(20-10-12-22(28-4)13-11-20)26-25(27)18(3)29-23-14-9-19-7-5-6-8-21(19)16-23/h5-14,16-18,24H,15H2,1-4H3,(H,26,27)/t18-,24+/m0/s1. The van der Waals surface area contributed by atoms with Crippen LogP contribution in [0.25, 0.3) is 10.8 Å². The van der Waals surface area contributed by atoms with E-state index in [0.717, 1.165) is 28.5 Å². The van der Waals surface area contributed by atoms with Gasteiger partial charge in [-0.15, -0.1) is 0 Å². The number of ether oxygens (including phenoxy) is 2. The van der Waals surface area contributed by atoms with Crippen LogP contribution in [-0.2, 0) is 4.79 Å². The number of methoxy groups -OCH3 is 1. The van der Waals surface area contributed by atoms with E-state index in [1.165, 1.54) is 0 Å². The molecule has 0 saturated carbocycles. The first-order valence-corrected chi connectivity index (χ1v) is 10.1. The van der Waals surface area contributed by atoms with Crippen molar-refractivity contribution in [2.75, 3.05) is 7.11 Å². The Morgan fingerprint density at radius 3 is 2.21 bits per heavy atom. The van der Waals surface area contributed by atoms with Crippen LogP contribution in [0.4, 0.5) is 0 Å². The molecule has 3 rings (SSSR count). The fourth-order valence-electron chi connectivity index (χ4n) is 3.37. The SMILES string of the molecule is COc1ccc([C@@H](CC(C)C)NC(=O)[C@H](C)Oc2ccc3ccccc3c2)cc1. The molecule has 0 radical (unpaired) electrons. The lowest BCUT2D eigenvalue weighted by atomic mass is 9.96. The molecule has 152 valence electrons. The molecule has 1 amide bonds. The molecule has 0 spiro atoms. The number of amides is 1. The van der Waals surface area contributed by atoms with Gasteiger partial charge in [-0.05, 0) is 59.9 Å². The number of carbonyl (C=O) groups excluding carboxylic acids is 1. The van der Waals surface area contributed by atoms with Crippen LogP contribution in [0.3, 0.4) is 0 Å². The predicted molar refractivity (Wildman–Crippen MR) is 117 cm³/mol. The van der Waals surface area contributed by atoms with E-state index in [4.69, 9.17) is 9.47 Å². The van der Waals surface area contributed by atoms with Gasteiger partial charge < -0.3 is 14.8 Å². The summed E-state index contributed by atoms with van der Waals surface area (Å²) in [5.41, 5.74) is 1.06. The van der Waals surface area contributed by atoms with Crippen molar-refractivity contribution < 1.29 is 14.3 Å². The molecule has 2 atom stereocenters. The molecule has 3 aromatic rings. The van der Waals surface area contributed by atoms with Crippen molar-refractivity contribution in [1.82, 2.24) is 5.32 Å². The molecule has 1 N–H and O–H groups in total. The van der Waals surface area contributed by atoms with Crippen LogP contribution in [0.1, 0.15) is 38.8 Å². The highest BCUT2D eigenvalue weighted by Gasteiger charge is 2.21. The molecule has 4 heteroatoms. The number of hydrogen-bond donors (Lipinski definition) is 1. The fraction of sp³-hybridized carbons (Fsp3) is 0.320. The first kappa shape index (κ1) is 20.7. The number of carbonyl (C=O) groups is 1. The topological polar surface area (TPSA) is 47.6 Å². The maximum Gasteiger partial charge on any atom is 0.261 e. The van der Waals surface area contributed by atoms with Crippen LogP contribution in [0.15, 0.2) is 66.7 Å². The van der Waals surface area contributed by atoms with Crippen LogP contribution in [0, 0.1) is 5.92 Å². The molecule has 0 bridgehead atoms. The van der Waals surface area contributed by atoms with Crippen LogP contribution < -0.4 is 14.8 Å². The van der Waals surface area contributed by atoms with Gasteiger partial charge >= 0.3 is 0 Å². The van der Waals surface area contributed by atoms with E-state index in [0.29, 0.717) is 11.7 Å². The van der Waals surface area contributed by atoms with Gasteiger partial charge in [-0.25, -0.2) is 0 Å². The number of hydrogen-bond acceptors (Lipinski definition) is 3. The zero-order valence-electron chi connectivity index (χ0n) is 17.5. The van der Waals surface area contributed by atoms with Crippen molar-refractivity contribution in [1.29, 1.82) is 0 Å². The van der Waals surface area contributed by atoms with Crippen LogP contribution in [-0.4, -0.2) is 19.1 Å². The summed E-state index contributed by atoms with van der Waals surface area (Å²) in [5.74, 6) is 1.81.